The Morgan fingerprint density at radius 3 is 3.16 bits per heavy atom. The minimum absolute atomic E-state index is 0.595. The SMILES string of the molecule is C1=Cn2cc3nc4ccccc4c-3cc2C=COC1. The van der Waals surface area contributed by atoms with Gasteiger partial charge in [-0.1, -0.05) is 18.2 Å². The zero-order valence-electron chi connectivity index (χ0n) is 10.3. The predicted molar refractivity (Wildman–Crippen MR) is 76.7 cm³/mol. The normalized spacial score (nSPS) is 14.1. The van der Waals surface area contributed by atoms with Gasteiger partial charge in [0.1, 0.15) is 6.61 Å². The van der Waals surface area contributed by atoms with Crippen molar-refractivity contribution in [1.29, 1.82) is 0 Å². The Morgan fingerprint density at radius 1 is 1.21 bits per heavy atom. The number of nitrogens with zero attached hydrogens (tertiary/aromatic N) is 2. The van der Waals surface area contributed by atoms with E-state index >= 15 is 0 Å². The van der Waals surface area contributed by atoms with Crippen molar-refractivity contribution in [2.45, 2.75) is 0 Å². The van der Waals surface area contributed by atoms with Gasteiger partial charge in [0, 0.05) is 29.0 Å². The zero-order chi connectivity index (χ0) is 12.7. The first kappa shape index (κ1) is 10.4. The van der Waals surface area contributed by atoms with E-state index in [2.05, 4.69) is 27.9 Å². The van der Waals surface area contributed by atoms with Gasteiger partial charge < -0.3 is 9.30 Å². The first-order valence-electron chi connectivity index (χ1n) is 6.27. The van der Waals surface area contributed by atoms with Crippen LogP contribution in [0.25, 0.3) is 34.4 Å². The maximum atomic E-state index is 5.32. The predicted octanol–water partition coefficient (Wildman–Crippen LogP) is 3.61. The van der Waals surface area contributed by atoms with Crippen molar-refractivity contribution < 1.29 is 4.74 Å². The molecule has 0 bridgehead atoms. The largest absolute Gasteiger partial charge is 0.497 e. The minimum Gasteiger partial charge on any atom is -0.497 e. The lowest BCUT2D eigenvalue weighted by molar-refractivity contribution is 0.292. The topological polar surface area (TPSA) is 27.1 Å². The quantitative estimate of drug-likeness (QED) is 0.607. The summed E-state index contributed by atoms with van der Waals surface area (Å²) < 4.78 is 7.39. The van der Waals surface area contributed by atoms with Crippen molar-refractivity contribution in [3.05, 3.63) is 54.6 Å². The molecule has 0 atom stereocenters. The maximum Gasteiger partial charge on any atom is 0.107 e. The van der Waals surface area contributed by atoms with E-state index in [1.165, 1.54) is 10.9 Å². The fourth-order valence-corrected chi connectivity index (χ4v) is 2.45. The summed E-state index contributed by atoms with van der Waals surface area (Å²) in [4.78, 5) is 4.67. The Hall–Kier alpha value is -2.55. The summed E-state index contributed by atoms with van der Waals surface area (Å²) in [6.07, 6.45) is 9.78. The molecular formula is C16H12N2O. The number of hydrogen-bond acceptors (Lipinski definition) is 2. The van der Waals surface area contributed by atoms with E-state index in [1.54, 1.807) is 6.26 Å². The fraction of sp³-hybridized carbons (Fsp3) is 0.0625. The maximum absolute atomic E-state index is 5.32. The van der Waals surface area contributed by atoms with E-state index in [-0.39, 0.29) is 0 Å². The second-order valence-corrected chi connectivity index (χ2v) is 4.55. The van der Waals surface area contributed by atoms with Crippen LogP contribution in [0.3, 0.4) is 0 Å². The molecule has 0 unspecified atom stereocenters. The summed E-state index contributed by atoms with van der Waals surface area (Å²) in [6, 6.07) is 10.4. The Balaban J connectivity index is 2.07. The van der Waals surface area contributed by atoms with E-state index in [9.17, 15) is 0 Å². The zero-order valence-corrected chi connectivity index (χ0v) is 10.3. The first-order chi connectivity index (χ1) is 9.42. The van der Waals surface area contributed by atoms with Crippen molar-refractivity contribution >= 4 is 23.2 Å². The number of fused-ring (bicyclic) bond motifs is 4. The number of para-hydroxylation sites is 1. The molecule has 1 aromatic carbocycles. The van der Waals surface area contributed by atoms with Crippen molar-refractivity contribution in [2.24, 2.45) is 0 Å². The molecule has 19 heavy (non-hydrogen) atoms. The number of pyridine rings is 1. The van der Waals surface area contributed by atoms with Crippen LogP contribution in [0.2, 0.25) is 0 Å². The van der Waals surface area contributed by atoms with Gasteiger partial charge in [0.25, 0.3) is 0 Å². The molecule has 4 rings (SSSR count). The van der Waals surface area contributed by atoms with Crippen LogP contribution >= 0.6 is 0 Å². The van der Waals surface area contributed by atoms with Gasteiger partial charge in [-0.25, -0.2) is 4.98 Å². The van der Waals surface area contributed by atoms with Gasteiger partial charge >= 0.3 is 0 Å². The second-order valence-electron chi connectivity index (χ2n) is 4.55. The van der Waals surface area contributed by atoms with Crippen LogP contribution in [0.1, 0.15) is 5.69 Å². The Bertz CT molecular complexity index is 783. The van der Waals surface area contributed by atoms with Crippen LogP contribution in [-0.4, -0.2) is 16.2 Å². The molecule has 0 fully saturated rings. The van der Waals surface area contributed by atoms with E-state index in [0.717, 1.165) is 16.9 Å². The van der Waals surface area contributed by atoms with Crippen LogP contribution in [0.15, 0.2) is 48.9 Å². The number of benzene rings is 1. The molecule has 0 saturated carbocycles. The average Bonchev–Trinajstić information content (AvgIpc) is 2.76. The summed E-state index contributed by atoms with van der Waals surface area (Å²) in [5, 5.41) is 1.20. The monoisotopic (exact) mass is 248 g/mol. The van der Waals surface area contributed by atoms with Crippen LogP contribution in [0, 0.1) is 0 Å². The van der Waals surface area contributed by atoms with Crippen molar-refractivity contribution in [3.63, 3.8) is 0 Å². The van der Waals surface area contributed by atoms with Crippen LogP contribution in [0.4, 0.5) is 0 Å². The molecule has 0 spiro atoms. The smallest absolute Gasteiger partial charge is 0.107 e. The van der Waals surface area contributed by atoms with E-state index in [1.807, 2.05) is 36.6 Å². The summed E-state index contributed by atoms with van der Waals surface area (Å²) in [6.45, 7) is 0.595. The third-order valence-corrected chi connectivity index (χ3v) is 3.36. The van der Waals surface area contributed by atoms with Crippen molar-refractivity contribution in [3.8, 4) is 11.3 Å². The molecule has 3 heterocycles. The highest BCUT2D eigenvalue weighted by atomic mass is 16.5. The average molecular weight is 248 g/mol. The van der Waals surface area contributed by atoms with Gasteiger partial charge in [0.05, 0.1) is 17.5 Å². The van der Waals surface area contributed by atoms with Crippen LogP contribution in [0.5, 0.6) is 0 Å². The highest BCUT2D eigenvalue weighted by molar-refractivity contribution is 5.97. The lowest BCUT2D eigenvalue weighted by atomic mass is 10.1. The van der Waals surface area contributed by atoms with Crippen LogP contribution < -0.4 is 0 Å². The number of aromatic nitrogens is 2. The molecule has 0 aliphatic carbocycles. The molecular weight excluding hydrogens is 236 g/mol. The standard InChI is InChI=1S/C16H12N2O/c1-2-5-15-13(4-1)14-10-12-6-9-19-8-3-7-18(12)11-16(14)17-15/h1-7,9-11H,8H2. The lowest BCUT2D eigenvalue weighted by Gasteiger charge is -2.11. The third-order valence-electron chi connectivity index (χ3n) is 3.36. The summed E-state index contributed by atoms with van der Waals surface area (Å²) in [7, 11) is 0. The molecule has 0 aromatic heterocycles. The van der Waals surface area contributed by atoms with E-state index in [4.69, 9.17) is 4.74 Å². The van der Waals surface area contributed by atoms with Gasteiger partial charge in [0.2, 0.25) is 0 Å². The number of hydrogen-bond donors (Lipinski definition) is 0. The Kier molecular flexibility index (Phi) is 2.18. The fourth-order valence-electron chi connectivity index (χ4n) is 2.45. The van der Waals surface area contributed by atoms with Gasteiger partial charge in [-0.15, -0.1) is 0 Å². The summed E-state index contributed by atoms with van der Waals surface area (Å²) in [5.41, 5.74) is 4.33. The molecule has 0 amide bonds. The molecule has 3 aliphatic heterocycles. The highest BCUT2D eigenvalue weighted by Crippen LogP contribution is 2.32. The molecule has 0 radical (unpaired) electrons. The summed E-state index contributed by atoms with van der Waals surface area (Å²) >= 11 is 0. The molecule has 92 valence electrons. The number of ether oxygens (including phenoxy) is 1. The van der Waals surface area contributed by atoms with Gasteiger partial charge in [0.15, 0.2) is 0 Å². The van der Waals surface area contributed by atoms with Gasteiger partial charge in [-0.2, -0.15) is 0 Å². The lowest BCUT2D eigenvalue weighted by Crippen LogP contribution is -1.99. The molecule has 3 nitrogen and oxygen atoms in total. The highest BCUT2D eigenvalue weighted by Gasteiger charge is 2.13. The van der Waals surface area contributed by atoms with Gasteiger partial charge in [-0.3, -0.25) is 0 Å². The molecule has 3 heteroatoms. The van der Waals surface area contributed by atoms with Crippen molar-refractivity contribution in [2.75, 3.05) is 6.61 Å². The Morgan fingerprint density at radius 2 is 2.16 bits per heavy atom. The molecule has 0 N–H and O–H groups in total. The van der Waals surface area contributed by atoms with Crippen molar-refractivity contribution in [1.82, 2.24) is 9.55 Å². The minimum atomic E-state index is 0.595. The Labute approximate surface area is 110 Å². The molecule has 1 aromatic rings. The molecule has 3 aliphatic rings. The second kappa shape index (κ2) is 3.99. The van der Waals surface area contributed by atoms with E-state index < -0.39 is 0 Å². The molecule has 0 saturated heterocycles. The first-order valence-corrected chi connectivity index (χ1v) is 6.27. The van der Waals surface area contributed by atoms with Gasteiger partial charge in [-0.05, 0) is 24.3 Å². The van der Waals surface area contributed by atoms with Crippen LogP contribution in [-0.2, 0) is 4.74 Å². The number of rotatable bonds is 0. The third kappa shape index (κ3) is 1.63. The van der Waals surface area contributed by atoms with E-state index in [0.29, 0.717) is 6.61 Å². The summed E-state index contributed by atoms with van der Waals surface area (Å²) in [5.74, 6) is 0.